The zero-order valence-corrected chi connectivity index (χ0v) is 12.8. The summed E-state index contributed by atoms with van der Waals surface area (Å²) in [5, 5.41) is 2.79. The SMILES string of the molecule is CC.CC(C)c1cc(NC(=O)C2CC2)nc2[nH]c(=O)oc12. The Hall–Kier alpha value is -2.11. The zero-order valence-electron chi connectivity index (χ0n) is 12.8. The van der Waals surface area contributed by atoms with Crippen LogP contribution in [0.15, 0.2) is 15.3 Å². The van der Waals surface area contributed by atoms with Gasteiger partial charge in [0.15, 0.2) is 11.2 Å². The highest BCUT2D eigenvalue weighted by atomic mass is 16.4. The summed E-state index contributed by atoms with van der Waals surface area (Å²) in [4.78, 5) is 29.8. The summed E-state index contributed by atoms with van der Waals surface area (Å²) < 4.78 is 5.09. The Kier molecular flexibility index (Phi) is 4.45. The van der Waals surface area contributed by atoms with Gasteiger partial charge >= 0.3 is 5.76 Å². The summed E-state index contributed by atoms with van der Waals surface area (Å²) >= 11 is 0. The number of carbonyl (C=O) groups excluding carboxylic acids is 1. The Morgan fingerprint density at radius 3 is 2.67 bits per heavy atom. The van der Waals surface area contributed by atoms with E-state index >= 15 is 0 Å². The van der Waals surface area contributed by atoms with E-state index in [1.165, 1.54) is 0 Å². The third-order valence-corrected chi connectivity index (χ3v) is 3.24. The number of aromatic nitrogens is 2. The van der Waals surface area contributed by atoms with E-state index in [-0.39, 0.29) is 17.7 Å². The average molecular weight is 291 g/mol. The molecule has 1 fully saturated rings. The molecule has 1 aliphatic rings. The fraction of sp³-hybridized carbons (Fsp3) is 0.533. The van der Waals surface area contributed by atoms with E-state index in [2.05, 4.69) is 15.3 Å². The Bertz CT molecular complexity index is 696. The number of rotatable bonds is 3. The van der Waals surface area contributed by atoms with Crippen LogP contribution in [-0.2, 0) is 4.79 Å². The number of nitrogens with one attached hydrogen (secondary N) is 2. The van der Waals surface area contributed by atoms with Crippen molar-refractivity contribution < 1.29 is 9.21 Å². The molecule has 2 heterocycles. The Morgan fingerprint density at radius 1 is 1.43 bits per heavy atom. The lowest BCUT2D eigenvalue weighted by molar-refractivity contribution is -0.117. The third kappa shape index (κ3) is 3.32. The number of nitrogens with zero attached hydrogens (tertiary/aromatic N) is 1. The molecule has 0 aromatic carbocycles. The smallest absolute Gasteiger partial charge is 0.406 e. The number of fused-ring (bicyclic) bond motifs is 1. The molecule has 1 saturated carbocycles. The minimum Gasteiger partial charge on any atom is -0.406 e. The maximum atomic E-state index is 11.8. The van der Waals surface area contributed by atoms with E-state index in [1.54, 1.807) is 6.07 Å². The summed E-state index contributed by atoms with van der Waals surface area (Å²) in [6, 6.07) is 1.77. The van der Waals surface area contributed by atoms with E-state index in [0.717, 1.165) is 18.4 Å². The molecule has 2 N–H and O–H groups in total. The number of anilines is 1. The van der Waals surface area contributed by atoms with E-state index in [9.17, 15) is 9.59 Å². The molecule has 1 aliphatic carbocycles. The summed E-state index contributed by atoms with van der Waals surface area (Å²) in [5.74, 6) is 0.206. The van der Waals surface area contributed by atoms with Gasteiger partial charge in [0.2, 0.25) is 5.91 Å². The highest BCUT2D eigenvalue weighted by Crippen LogP contribution is 2.31. The van der Waals surface area contributed by atoms with Gasteiger partial charge in [0.1, 0.15) is 5.82 Å². The molecule has 114 valence electrons. The minimum absolute atomic E-state index is 0.00704. The first-order valence-corrected chi connectivity index (χ1v) is 7.39. The van der Waals surface area contributed by atoms with Crippen LogP contribution in [0, 0.1) is 5.92 Å². The van der Waals surface area contributed by atoms with Crippen LogP contribution in [0.4, 0.5) is 5.82 Å². The monoisotopic (exact) mass is 291 g/mol. The second-order valence-corrected chi connectivity index (χ2v) is 5.21. The zero-order chi connectivity index (χ0) is 15.6. The maximum Gasteiger partial charge on any atom is 0.418 e. The van der Waals surface area contributed by atoms with Gasteiger partial charge in [-0.2, -0.15) is 0 Å². The summed E-state index contributed by atoms with van der Waals surface area (Å²) in [7, 11) is 0. The van der Waals surface area contributed by atoms with Gasteiger partial charge < -0.3 is 9.73 Å². The second kappa shape index (κ2) is 6.11. The van der Waals surface area contributed by atoms with Gasteiger partial charge in [-0.1, -0.05) is 27.7 Å². The largest absolute Gasteiger partial charge is 0.418 e. The van der Waals surface area contributed by atoms with Crippen LogP contribution in [0.1, 0.15) is 52.0 Å². The number of hydrogen-bond donors (Lipinski definition) is 2. The number of carbonyl (C=O) groups is 1. The highest BCUT2D eigenvalue weighted by molar-refractivity contribution is 5.94. The topological polar surface area (TPSA) is 88.0 Å². The van der Waals surface area contributed by atoms with E-state index in [4.69, 9.17) is 4.42 Å². The number of hydrogen-bond acceptors (Lipinski definition) is 4. The number of oxazole rings is 1. The molecule has 0 spiro atoms. The van der Waals surface area contributed by atoms with Crippen molar-refractivity contribution in [3.05, 3.63) is 22.2 Å². The molecule has 3 rings (SSSR count). The van der Waals surface area contributed by atoms with E-state index < -0.39 is 5.76 Å². The quantitative estimate of drug-likeness (QED) is 0.909. The molecule has 0 aliphatic heterocycles. The molecule has 6 heteroatoms. The van der Waals surface area contributed by atoms with Crippen molar-refractivity contribution in [1.82, 2.24) is 9.97 Å². The van der Waals surface area contributed by atoms with Crippen LogP contribution in [0.3, 0.4) is 0 Å². The van der Waals surface area contributed by atoms with Crippen molar-refractivity contribution in [1.29, 1.82) is 0 Å². The number of amides is 1. The molecule has 2 aromatic rings. The Morgan fingerprint density at radius 2 is 2.10 bits per heavy atom. The third-order valence-electron chi connectivity index (χ3n) is 3.24. The second-order valence-electron chi connectivity index (χ2n) is 5.21. The van der Waals surface area contributed by atoms with Crippen LogP contribution >= 0.6 is 0 Å². The maximum absolute atomic E-state index is 11.8. The van der Waals surface area contributed by atoms with Crippen LogP contribution in [-0.4, -0.2) is 15.9 Å². The van der Waals surface area contributed by atoms with Crippen LogP contribution in [0.2, 0.25) is 0 Å². The molecule has 6 nitrogen and oxygen atoms in total. The van der Waals surface area contributed by atoms with Crippen LogP contribution in [0.25, 0.3) is 11.2 Å². The van der Waals surface area contributed by atoms with Crippen molar-refractivity contribution >= 4 is 23.0 Å². The van der Waals surface area contributed by atoms with E-state index in [0.29, 0.717) is 17.0 Å². The predicted molar refractivity (Wildman–Crippen MR) is 81.4 cm³/mol. The Labute approximate surface area is 123 Å². The molecule has 0 atom stereocenters. The molecule has 0 radical (unpaired) electrons. The standard InChI is InChI=1S/C13H15N3O3.C2H6/c1-6(2)8-5-9(15-12(17)7-3-4-7)14-11-10(8)19-13(18)16-11;1-2/h5-7H,3-4H2,1-2H3,(H2,14,15,16,17,18);1-2H3. The van der Waals surface area contributed by atoms with Gasteiger partial charge in [0.25, 0.3) is 0 Å². The first kappa shape index (κ1) is 15.3. The van der Waals surface area contributed by atoms with Crippen molar-refractivity contribution in [2.24, 2.45) is 5.92 Å². The lowest BCUT2D eigenvalue weighted by Gasteiger charge is -2.09. The molecule has 0 saturated heterocycles. The van der Waals surface area contributed by atoms with Crippen molar-refractivity contribution in [3.63, 3.8) is 0 Å². The normalized spacial score (nSPS) is 14.0. The molecule has 0 unspecified atom stereocenters. The van der Waals surface area contributed by atoms with Gasteiger partial charge in [0, 0.05) is 11.5 Å². The molecular formula is C15H21N3O3. The predicted octanol–water partition coefficient (Wildman–Crippen LogP) is 3.01. The van der Waals surface area contributed by atoms with Crippen LogP contribution < -0.4 is 11.1 Å². The molecule has 2 aromatic heterocycles. The molecule has 21 heavy (non-hydrogen) atoms. The summed E-state index contributed by atoms with van der Waals surface area (Å²) in [5.41, 5.74) is 1.70. The molecule has 1 amide bonds. The van der Waals surface area contributed by atoms with Crippen molar-refractivity contribution in [2.45, 2.75) is 46.5 Å². The van der Waals surface area contributed by atoms with Crippen LogP contribution in [0.5, 0.6) is 0 Å². The highest BCUT2D eigenvalue weighted by Gasteiger charge is 2.30. The fourth-order valence-corrected chi connectivity index (χ4v) is 2.03. The lowest BCUT2D eigenvalue weighted by Crippen LogP contribution is -2.14. The van der Waals surface area contributed by atoms with Gasteiger partial charge in [-0.25, -0.2) is 9.78 Å². The average Bonchev–Trinajstić information content (AvgIpc) is 3.22. The number of H-pyrrole nitrogens is 1. The first-order chi connectivity index (χ1) is 10.0. The number of aromatic amines is 1. The first-order valence-electron chi connectivity index (χ1n) is 7.39. The number of pyridine rings is 1. The van der Waals surface area contributed by atoms with Crippen molar-refractivity contribution in [3.8, 4) is 0 Å². The van der Waals surface area contributed by atoms with E-state index in [1.807, 2.05) is 27.7 Å². The molecular weight excluding hydrogens is 270 g/mol. The Balaban J connectivity index is 0.000000774. The fourth-order valence-electron chi connectivity index (χ4n) is 2.03. The van der Waals surface area contributed by atoms with Gasteiger partial charge in [0.05, 0.1) is 0 Å². The van der Waals surface area contributed by atoms with Crippen molar-refractivity contribution in [2.75, 3.05) is 5.32 Å². The van der Waals surface area contributed by atoms with Gasteiger partial charge in [-0.05, 0) is 24.8 Å². The summed E-state index contributed by atoms with van der Waals surface area (Å²) in [6.07, 6.45) is 1.88. The molecule has 0 bridgehead atoms. The minimum atomic E-state index is -0.532. The summed E-state index contributed by atoms with van der Waals surface area (Å²) in [6.45, 7) is 7.99. The van der Waals surface area contributed by atoms with Gasteiger partial charge in [-0.15, -0.1) is 0 Å². The lowest BCUT2D eigenvalue weighted by atomic mass is 10.0. The van der Waals surface area contributed by atoms with Gasteiger partial charge in [-0.3, -0.25) is 9.78 Å².